The maximum absolute atomic E-state index is 10.5. The molecule has 0 amide bonds. The van der Waals surface area contributed by atoms with Crippen LogP contribution in [0.4, 0.5) is 0 Å². The van der Waals surface area contributed by atoms with Crippen molar-refractivity contribution < 1.29 is 5.11 Å². The molecule has 1 heteroatoms. The molecule has 16 heavy (non-hydrogen) atoms. The van der Waals surface area contributed by atoms with E-state index in [2.05, 4.69) is 13.8 Å². The number of aliphatic hydroxyl groups is 1. The van der Waals surface area contributed by atoms with Crippen molar-refractivity contribution in [1.29, 1.82) is 0 Å². The summed E-state index contributed by atoms with van der Waals surface area (Å²) in [6.45, 7) is 4.51. The van der Waals surface area contributed by atoms with Crippen molar-refractivity contribution in [3.63, 3.8) is 0 Å². The summed E-state index contributed by atoms with van der Waals surface area (Å²) >= 11 is 0. The zero-order valence-corrected chi connectivity index (χ0v) is 11.3. The first kappa shape index (κ1) is 14.0. The Morgan fingerprint density at radius 2 is 1.69 bits per heavy atom. The Morgan fingerprint density at radius 3 is 2.25 bits per heavy atom. The van der Waals surface area contributed by atoms with Crippen LogP contribution in [-0.4, -0.2) is 10.7 Å². The molecule has 0 unspecified atom stereocenters. The minimum Gasteiger partial charge on any atom is -0.390 e. The molecule has 1 saturated carbocycles. The van der Waals surface area contributed by atoms with Crippen LogP contribution < -0.4 is 0 Å². The maximum Gasteiger partial charge on any atom is 0.0648 e. The topological polar surface area (TPSA) is 20.2 Å². The smallest absolute Gasteiger partial charge is 0.0648 e. The minimum atomic E-state index is -0.294. The molecule has 0 bridgehead atoms. The predicted octanol–water partition coefficient (Wildman–Crippen LogP) is 4.68. The minimum absolute atomic E-state index is 0.294. The maximum atomic E-state index is 10.5. The first-order valence-electron chi connectivity index (χ1n) is 7.42. The average molecular weight is 226 g/mol. The molecule has 0 aromatic carbocycles. The van der Waals surface area contributed by atoms with E-state index < -0.39 is 0 Å². The van der Waals surface area contributed by atoms with Crippen LogP contribution in [0.15, 0.2) is 0 Å². The lowest BCUT2D eigenvalue weighted by Gasteiger charge is -2.36. The van der Waals surface area contributed by atoms with Crippen molar-refractivity contribution >= 4 is 0 Å². The van der Waals surface area contributed by atoms with Crippen LogP contribution in [0, 0.1) is 5.92 Å². The molecule has 1 nitrogen and oxygen atoms in total. The Labute approximate surface area is 102 Å². The lowest BCUT2D eigenvalue weighted by molar-refractivity contribution is -0.0194. The first-order chi connectivity index (χ1) is 7.70. The standard InChI is InChI=1S/C15H30O/c1-3-5-6-7-11-15(16)12-9-14(8-4-2)10-13-15/h14,16H,3-13H2,1-2H3. The molecule has 1 fully saturated rings. The fraction of sp³-hybridized carbons (Fsp3) is 1.00. The molecule has 0 aliphatic heterocycles. The highest BCUT2D eigenvalue weighted by Crippen LogP contribution is 2.37. The first-order valence-corrected chi connectivity index (χ1v) is 7.42. The summed E-state index contributed by atoms with van der Waals surface area (Å²) in [5.41, 5.74) is -0.294. The van der Waals surface area contributed by atoms with E-state index >= 15 is 0 Å². The Hall–Kier alpha value is -0.0400. The van der Waals surface area contributed by atoms with Crippen LogP contribution in [0.25, 0.3) is 0 Å². The van der Waals surface area contributed by atoms with E-state index in [1.807, 2.05) is 0 Å². The Balaban J connectivity index is 2.16. The third kappa shape index (κ3) is 4.86. The van der Waals surface area contributed by atoms with E-state index in [9.17, 15) is 5.11 Å². The molecule has 0 atom stereocenters. The van der Waals surface area contributed by atoms with Crippen molar-refractivity contribution in [2.24, 2.45) is 5.92 Å². The van der Waals surface area contributed by atoms with Gasteiger partial charge in [-0.25, -0.2) is 0 Å². The van der Waals surface area contributed by atoms with Gasteiger partial charge >= 0.3 is 0 Å². The number of rotatable bonds is 7. The van der Waals surface area contributed by atoms with Gasteiger partial charge in [-0.1, -0.05) is 52.4 Å². The van der Waals surface area contributed by atoms with Crippen LogP contribution in [0.5, 0.6) is 0 Å². The second-order valence-corrected chi connectivity index (χ2v) is 5.77. The number of hydrogen-bond acceptors (Lipinski definition) is 1. The van der Waals surface area contributed by atoms with Crippen LogP contribution >= 0.6 is 0 Å². The van der Waals surface area contributed by atoms with E-state index in [-0.39, 0.29) is 5.60 Å². The van der Waals surface area contributed by atoms with Crippen molar-refractivity contribution in [3.8, 4) is 0 Å². The van der Waals surface area contributed by atoms with E-state index in [1.165, 1.54) is 51.4 Å². The third-order valence-electron chi connectivity index (χ3n) is 4.23. The summed E-state index contributed by atoms with van der Waals surface area (Å²) in [4.78, 5) is 0. The largest absolute Gasteiger partial charge is 0.390 e. The molecule has 96 valence electrons. The van der Waals surface area contributed by atoms with Crippen LogP contribution in [0.1, 0.15) is 84.5 Å². The molecule has 0 heterocycles. The van der Waals surface area contributed by atoms with Gasteiger partial charge in [0.15, 0.2) is 0 Å². The number of unbranched alkanes of at least 4 members (excludes halogenated alkanes) is 3. The van der Waals surface area contributed by atoms with Gasteiger partial charge in [0.05, 0.1) is 5.60 Å². The fourth-order valence-corrected chi connectivity index (χ4v) is 3.04. The molecule has 0 spiro atoms. The zero-order valence-electron chi connectivity index (χ0n) is 11.3. The predicted molar refractivity (Wildman–Crippen MR) is 70.6 cm³/mol. The van der Waals surface area contributed by atoms with Gasteiger partial charge < -0.3 is 5.11 Å². The van der Waals surface area contributed by atoms with E-state index in [4.69, 9.17) is 0 Å². The second kappa shape index (κ2) is 7.32. The fourth-order valence-electron chi connectivity index (χ4n) is 3.04. The van der Waals surface area contributed by atoms with Gasteiger partial charge in [-0.05, 0) is 38.0 Å². The van der Waals surface area contributed by atoms with Crippen molar-refractivity contribution in [1.82, 2.24) is 0 Å². The molecule has 0 saturated heterocycles. The lowest BCUT2D eigenvalue weighted by atomic mass is 9.75. The summed E-state index contributed by atoms with van der Waals surface area (Å²) in [6.07, 6.45) is 13.5. The second-order valence-electron chi connectivity index (χ2n) is 5.77. The van der Waals surface area contributed by atoms with Gasteiger partial charge in [-0.3, -0.25) is 0 Å². The molecule has 1 aliphatic carbocycles. The highest BCUT2D eigenvalue weighted by molar-refractivity contribution is 4.85. The normalized spacial score (nSPS) is 30.6. The molecule has 0 aromatic heterocycles. The average Bonchev–Trinajstić information content (AvgIpc) is 2.29. The Bertz CT molecular complexity index is 163. The van der Waals surface area contributed by atoms with Gasteiger partial charge in [0.1, 0.15) is 0 Å². The molecular weight excluding hydrogens is 196 g/mol. The van der Waals surface area contributed by atoms with E-state index in [0.717, 1.165) is 25.2 Å². The third-order valence-corrected chi connectivity index (χ3v) is 4.23. The van der Waals surface area contributed by atoms with Crippen molar-refractivity contribution in [2.45, 2.75) is 90.1 Å². The summed E-state index contributed by atoms with van der Waals surface area (Å²) < 4.78 is 0. The van der Waals surface area contributed by atoms with E-state index in [0.29, 0.717) is 0 Å². The molecule has 1 aliphatic rings. The van der Waals surface area contributed by atoms with Gasteiger partial charge in [0.25, 0.3) is 0 Å². The highest BCUT2D eigenvalue weighted by atomic mass is 16.3. The van der Waals surface area contributed by atoms with E-state index in [1.54, 1.807) is 0 Å². The molecule has 1 rings (SSSR count). The molecule has 0 radical (unpaired) electrons. The van der Waals surface area contributed by atoms with Gasteiger partial charge in [-0.2, -0.15) is 0 Å². The SMILES string of the molecule is CCCCCCC1(O)CCC(CCC)CC1. The quantitative estimate of drug-likeness (QED) is 0.625. The van der Waals surface area contributed by atoms with Gasteiger partial charge in [-0.15, -0.1) is 0 Å². The summed E-state index contributed by atoms with van der Waals surface area (Å²) in [5.74, 6) is 0.904. The number of hydrogen-bond donors (Lipinski definition) is 1. The summed E-state index contributed by atoms with van der Waals surface area (Å²) in [6, 6.07) is 0. The monoisotopic (exact) mass is 226 g/mol. The summed E-state index contributed by atoms with van der Waals surface area (Å²) in [7, 11) is 0. The highest BCUT2D eigenvalue weighted by Gasteiger charge is 2.31. The lowest BCUT2D eigenvalue weighted by Crippen LogP contribution is -2.33. The Kier molecular flexibility index (Phi) is 6.41. The zero-order chi connectivity index (χ0) is 11.9. The van der Waals surface area contributed by atoms with Gasteiger partial charge in [0, 0.05) is 0 Å². The van der Waals surface area contributed by atoms with Crippen LogP contribution in [0.2, 0.25) is 0 Å². The molecule has 1 N–H and O–H groups in total. The van der Waals surface area contributed by atoms with Gasteiger partial charge in [0.2, 0.25) is 0 Å². The Morgan fingerprint density at radius 1 is 1.00 bits per heavy atom. The van der Waals surface area contributed by atoms with Crippen LogP contribution in [-0.2, 0) is 0 Å². The van der Waals surface area contributed by atoms with Crippen LogP contribution in [0.3, 0.4) is 0 Å². The van der Waals surface area contributed by atoms with Crippen molar-refractivity contribution in [2.75, 3.05) is 0 Å². The molecule has 0 aromatic rings. The van der Waals surface area contributed by atoms with Crippen molar-refractivity contribution in [3.05, 3.63) is 0 Å². The summed E-state index contributed by atoms with van der Waals surface area (Å²) in [5, 5.41) is 10.5. The molecular formula is C15H30O.